The van der Waals surface area contributed by atoms with Gasteiger partial charge in [-0.05, 0) is 69.2 Å². The topological polar surface area (TPSA) is 54.6 Å². The van der Waals surface area contributed by atoms with Gasteiger partial charge in [-0.1, -0.05) is 36.4 Å². The number of rotatable bonds is 2. The van der Waals surface area contributed by atoms with E-state index < -0.39 is 0 Å². The number of hydrogen-bond donors (Lipinski definition) is 1. The van der Waals surface area contributed by atoms with Gasteiger partial charge >= 0.3 is 0 Å². The van der Waals surface area contributed by atoms with Gasteiger partial charge in [-0.3, -0.25) is 4.79 Å². The van der Waals surface area contributed by atoms with Crippen LogP contribution in [0.15, 0.2) is 71.2 Å². The van der Waals surface area contributed by atoms with E-state index in [9.17, 15) is 4.79 Å². The molecule has 168 valence electrons. The number of thiophene rings is 1. The molecule has 1 amide bonds. The largest absolute Gasteiger partial charge is 0.454 e. The summed E-state index contributed by atoms with van der Waals surface area (Å²) in [6, 6.07) is 22.2. The lowest BCUT2D eigenvalue weighted by Crippen LogP contribution is -2.40. The van der Waals surface area contributed by atoms with Crippen LogP contribution in [0.5, 0.6) is 11.5 Å². The maximum atomic E-state index is 14.0. The Balaban J connectivity index is 1.38. The summed E-state index contributed by atoms with van der Waals surface area (Å²) in [5.74, 6) is 1.50. The number of H-pyrrole nitrogens is 1. The van der Waals surface area contributed by atoms with Crippen LogP contribution in [0.4, 0.5) is 0 Å². The molecule has 5 nitrogen and oxygen atoms in total. The lowest BCUT2D eigenvalue weighted by Gasteiger charge is -2.36. The highest BCUT2D eigenvalue weighted by Gasteiger charge is 2.36. The summed E-state index contributed by atoms with van der Waals surface area (Å²) in [6.45, 7) is 0.864. The van der Waals surface area contributed by atoms with Crippen LogP contribution in [0.25, 0.3) is 21.0 Å². The number of benzene rings is 3. The first-order valence-corrected chi connectivity index (χ1v) is 12.8. The van der Waals surface area contributed by atoms with Gasteiger partial charge in [0, 0.05) is 32.3 Å². The first-order chi connectivity index (χ1) is 16.7. The van der Waals surface area contributed by atoms with E-state index in [0.29, 0.717) is 6.54 Å². The van der Waals surface area contributed by atoms with Gasteiger partial charge < -0.3 is 19.4 Å². The van der Waals surface area contributed by atoms with E-state index >= 15 is 0 Å². The number of nitrogens with zero attached hydrogens (tertiary/aromatic N) is 1. The number of carbonyl (C=O) groups excluding carboxylic acids is 1. The summed E-state index contributed by atoms with van der Waals surface area (Å²) in [5, 5.41) is 2.30. The number of aromatic amines is 1. The number of ether oxygens (including phenoxy) is 2. The van der Waals surface area contributed by atoms with Gasteiger partial charge in [-0.25, -0.2) is 0 Å². The van der Waals surface area contributed by atoms with Crippen molar-refractivity contribution >= 4 is 54.2 Å². The molecule has 2 aliphatic heterocycles. The van der Waals surface area contributed by atoms with Crippen molar-refractivity contribution in [2.24, 2.45) is 0 Å². The van der Waals surface area contributed by atoms with Crippen molar-refractivity contribution in [3.05, 3.63) is 92.9 Å². The standard InChI is InChI=1S/C27H19BrN2O3S/c28-19-6-3-4-16-13-23(34-26(16)19)27(31)30-11-10-18-17-5-1-2-7-20(17)29-24(18)25(30)15-8-9-21-22(12-15)33-14-32-21/h1-9,12-13,25,29H,10-11,14H2. The quantitative estimate of drug-likeness (QED) is 0.277. The summed E-state index contributed by atoms with van der Waals surface area (Å²) in [7, 11) is 0. The maximum Gasteiger partial charge on any atom is 0.264 e. The molecule has 7 heteroatoms. The molecule has 7 rings (SSSR count). The molecule has 0 saturated heterocycles. The van der Waals surface area contributed by atoms with Gasteiger partial charge in [0.2, 0.25) is 6.79 Å². The van der Waals surface area contributed by atoms with E-state index in [0.717, 1.165) is 54.1 Å². The fraction of sp³-hybridized carbons (Fsp3) is 0.148. The second-order valence-electron chi connectivity index (χ2n) is 8.60. The molecule has 0 fully saturated rings. The molecule has 0 radical (unpaired) electrons. The van der Waals surface area contributed by atoms with E-state index in [1.54, 1.807) is 0 Å². The molecule has 2 aromatic heterocycles. The average molecular weight is 531 g/mol. The van der Waals surface area contributed by atoms with Crippen LogP contribution < -0.4 is 9.47 Å². The number of aromatic nitrogens is 1. The molecule has 1 atom stereocenters. The number of fused-ring (bicyclic) bond motifs is 5. The van der Waals surface area contributed by atoms with Gasteiger partial charge in [-0.15, -0.1) is 11.3 Å². The van der Waals surface area contributed by atoms with Crippen molar-refractivity contribution < 1.29 is 14.3 Å². The fourth-order valence-electron chi connectivity index (χ4n) is 5.16. The summed E-state index contributed by atoms with van der Waals surface area (Å²) >= 11 is 5.16. The third-order valence-electron chi connectivity index (χ3n) is 6.71. The molecular weight excluding hydrogens is 512 g/mol. The first kappa shape index (κ1) is 20.1. The van der Waals surface area contributed by atoms with E-state index in [4.69, 9.17) is 9.47 Å². The highest BCUT2D eigenvalue weighted by molar-refractivity contribution is 9.10. The van der Waals surface area contributed by atoms with Crippen LogP contribution >= 0.6 is 27.3 Å². The van der Waals surface area contributed by atoms with E-state index in [1.165, 1.54) is 22.3 Å². The second kappa shape index (κ2) is 7.61. The smallest absolute Gasteiger partial charge is 0.264 e. The zero-order chi connectivity index (χ0) is 22.8. The molecule has 4 heterocycles. The third kappa shape index (κ3) is 3.00. The Bertz CT molecular complexity index is 1600. The molecule has 1 unspecified atom stereocenters. The van der Waals surface area contributed by atoms with Crippen LogP contribution in [0.1, 0.15) is 32.5 Å². The minimum Gasteiger partial charge on any atom is -0.454 e. The van der Waals surface area contributed by atoms with Crippen LogP contribution in [-0.4, -0.2) is 29.1 Å². The Morgan fingerprint density at radius 3 is 2.82 bits per heavy atom. The van der Waals surface area contributed by atoms with Crippen molar-refractivity contribution in [1.29, 1.82) is 0 Å². The predicted molar refractivity (Wildman–Crippen MR) is 137 cm³/mol. The predicted octanol–water partition coefficient (Wildman–Crippen LogP) is 6.66. The third-order valence-corrected chi connectivity index (χ3v) is 8.81. The number of carbonyl (C=O) groups is 1. The highest BCUT2D eigenvalue weighted by Crippen LogP contribution is 2.43. The molecule has 0 aliphatic carbocycles. The average Bonchev–Trinajstić information content (AvgIpc) is 3.59. The zero-order valence-corrected chi connectivity index (χ0v) is 20.4. The Kier molecular flexibility index (Phi) is 4.50. The van der Waals surface area contributed by atoms with Crippen molar-refractivity contribution in [1.82, 2.24) is 9.88 Å². The van der Waals surface area contributed by atoms with Crippen LogP contribution in [0.3, 0.4) is 0 Å². The summed E-state index contributed by atoms with van der Waals surface area (Å²) < 4.78 is 13.3. The van der Waals surface area contributed by atoms with Crippen molar-refractivity contribution in [2.45, 2.75) is 12.5 Å². The SMILES string of the molecule is O=C(c1cc2cccc(Br)c2s1)N1CCc2c([nH]c3ccccc23)C1c1ccc2c(c1)OCO2. The minimum atomic E-state index is -0.244. The van der Waals surface area contributed by atoms with Gasteiger partial charge in [0.25, 0.3) is 5.91 Å². The number of hydrogen-bond acceptors (Lipinski definition) is 4. The summed E-state index contributed by atoms with van der Waals surface area (Å²) in [6.07, 6.45) is 0.806. The van der Waals surface area contributed by atoms with E-state index in [2.05, 4.69) is 45.2 Å². The number of nitrogens with one attached hydrogen (secondary N) is 1. The molecule has 0 bridgehead atoms. The highest BCUT2D eigenvalue weighted by atomic mass is 79.9. The summed E-state index contributed by atoms with van der Waals surface area (Å²) in [4.78, 5) is 20.3. The normalized spacial score (nSPS) is 16.9. The fourth-order valence-corrected chi connectivity index (χ4v) is 6.81. The Morgan fingerprint density at radius 1 is 1.03 bits per heavy atom. The zero-order valence-electron chi connectivity index (χ0n) is 18.0. The van der Waals surface area contributed by atoms with Gasteiger partial charge in [0.1, 0.15) is 0 Å². The van der Waals surface area contributed by atoms with Crippen molar-refractivity contribution in [3.8, 4) is 11.5 Å². The monoisotopic (exact) mass is 530 g/mol. The van der Waals surface area contributed by atoms with Gasteiger partial charge in [0.15, 0.2) is 11.5 Å². The number of amides is 1. The molecule has 0 spiro atoms. The molecule has 2 aliphatic rings. The van der Waals surface area contributed by atoms with Crippen molar-refractivity contribution in [3.63, 3.8) is 0 Å². The molecule has 3 aromatic carbocycles. The van der Waals surface area contributed by atoms with E-state index in [1.807, 2.05) is 47.4 Å². The minimum absolute atomic E-state index is 0.0417. The number of para-hydroxylation sites is 1. The molecule has 5 aromatic rings. The van der Waals surface area contributed by atoms with Gasteiger partial charge in [0.05, 0.1) is 10.9 Å². The lowest BCUT2D eigenvalue weighted by molar-refractivity contribution is 0.0697. The lowest BCUT2D eigenvalue weighted by atomic mass is 9.92. The van der Waals surface area contributed by atoms with E-state index in [-0.39, 0.29) is 18.7 Å². The van der Waals surface area contributed by atoms with Crippen LogP contribution in [0, 0.1) is 0 Å². The second-order valence-corrected chi connectivity index (χ2v) is 10.5. The Hall–Kier alpha value is -3.29. The molecule has 1 N–H and O–H groups in total. The first-order valence-electron chi connectivity index (χ1n) is 11.2. The number of halogens is 1. The summed E-state index contributed by atoms with van der Waals surface area (Å²) in [5.41, 5.74) is 4.45. The van der Waals surface area contributed by atoms with Crippen molar-refractivity contribution in [2.75, 3.05) is 13.3 Å². The van der Waals surface area contributed by atoms with Crippen LogP contribution in [-0.2, 0) is 6.42 Å². The molecule has 0 saturated carbocycles. The Morgan fingerprint density at radius 2 is 1.91 bits per heavy atom. The molecule has 34 heavy (non-hydrogen) atoms. The Labute approximate surface area is 208 Å². The maximum absolute atomic E-state index is 14.0. The van der Waals surface area contributed by atoms with Crippen LogP contribution in [0.2, 0.25) is 0 Å². The van der Waals surface area contributed by atoms with Gasteiger partial charge in [-0.2, -0.15) is 0 Å². The molecular formula is C27H19BrN2O3S.